The van der Waals surface area contributed by atoms with E-state index in [1.807, 2.05) is 6.92 Å². The summed E-state index contributed by atoms with van der Waals surface area (Å²) in [5, 5.41) is 12.3. The van der Waals surface area contributed by atoms with Crippen molar-refractivity contribution in [3.05, 3.63) is 23.0 Å². The number of hydrogen-bond acceptors (Lipinski definition) is 5. The topological polar surface area (TPSA) is 71.5 Å². The van der Waals surface area contributed by atoms with Gasteiger partial charge in [-0.2, -0.15) is 0 Å². The molecule has 2 N–H and O–H groups in total. The highest BCUT2D eigenvalue weighted by molar-refractivity contribution is 6.29. The number of aromatic nitrogens is 1. The number of esters is 1. The summed E-state index contributed by atoms with van der Waals surface area (Å²) in [5.41, 5.74) is 0.903. The summed E-state index contributed by atoms with van der Waals surface area (Å²) in [5.74, 6) is -0.444. The predicted octanol–water partition coefficient (Wildman–Crippen LogP) is 2.09. The summed E-state index contributed by atoms with van der Waals surface area (Å²) < 4.78 is 4.94. The molecule has 6 heteroatoms. The van der Waals surface area contributed by atoms with Gasteiger partial charge in [-0.1, -0.05) is 11.6 Å². The molecule has 0 spiro atoms. The first-order valence-electron chi connectivity index (χ1n) is 5.78. The highest BCUT2D eigenvalue weighted by Crippen LogP contribution is 2.21. The van der Waals surface area contributed by atoms with Crippen molar-refractivity contribution >= 4 is 23.3 Å². The minimum Gasteiger partial charge on any atom is -0.462 e. The predicted molar refractivity (Wildman–Crippen MR) is 70.0 cm³/mol. The molecule has 1 aromatic rings. The van der Waals surface area contributed by atoms with Crippen LogP contribution < -0.4 is 5.32 Å². The molecule has 0 amide bonds. The second kappa shape index (κ2) is 7.18. The number of ether oxygens (including phenoxy) is 1. The van der Waals surface area contributed by atoms with Crippen LogP contribution in [0.2, 0.25) is 5.15 Å². The molecule has 0 aliphatic rings. The van der Waals surface area contributed by atoms with Gasteiger partial charge < -0.3 is 15.2 Å². The zero-order valence-electron chi connectivity index (χ0n) is 10.4. The quantitative estimate of drug-likeness (QED) is 0.613. The second-order valence-electron chi connectivity index (χ2n) is 3.83. The Labute approximate surface area is 111 Å². The first-order chi connectivity index (χ1) is 8.58. The normalized spacial score (nSPS) is 12.0. The lowest BCUT2D eigenvalue weighted by Gasteiger charge is -2.16. The van der Waals surface area contributed by atoms with E-state index in [0.29, 0.717) is 29.4 Å². The summed E-state index contributed by atoms with van der Waals surface area (Å²) >= 11 is 5.81. The third kappa shape index (κ3) is 4.16. The zero-order chi connectivity index (χ0) is 13.5. The van der Waals surface area contributed by atoms with Crippen molar-refractivity contribution in [3.8, 4) is 0 Å². The van der Waals surface area contributed by atoms with E-state index >= 15 is 0 Å². The number of pyridine rings is 1. The molecule has 0 aliphatic heterocycles. The Balaban J connectivity index is 2.92. The van der Waals surface area contributed by atoms with Gasteiger partial charge in [0.1, 0.15) is 10.7 Å². The molecule has 1 heterocycles. The van der Waals surface area contributed by atoms with Crippen LogP contribution in [0, 0.1) is 0 Å². The summed E-state index contributed by atoms with van der Waals surface area (Å²) in [4.78, 5) is 15.6. The van der Waals surface area contributed by atoms with Gasteiger partial charge in [0.05, 0.1) is 12.3 Å². The van der Waals surface area contributed by atoms with Gasteiger partial charge in [0, 0.05) is 18.8 Å². The van der Waals surface area contributed by atoms with E-state index in [1.54, 1.807) is 13.0 Å². The van der Waals surface area contributed by atoms with Gasteiger partial charge in [0.2, 0.25) is 0 Å². The lowest BCUT2D eigenvalue weighted by molar-refractivity contribution is 0.0527. The van der Waals surface area contributed by atoms with Gasteiger partial charge in [0.15, 0.2) is 0 Å². The van der Waals surface area contributed by atoms with Crippen LogP contribution in [0.25, 0.3) is 0 Å². The maximum absolute atomic E-state index is 11.7. The Bertz CT molecular complexity index is 412. The largest absolute Gasteiger partial charge is 0.462 e. The molecule has 18 heavy (non-hydrogen) atoms. The van der Waals surface area contributed by atoms with Gasteiger partial charge in [-0.3, -0.25) is 0 Å². The zero-order valence-corrected chi connectivity index (χ0v) is 11.2. The third-order valence-electron chi connectivity index (χ3n) is 2.33. The summed E-state index contributed by atoms with van der Waals surface area (Å²) in [6.45, 7) is 4.01. The van der Waals surface area contributed by atoms with Crippen LogP contribution in [0.5, 0.6) is 0 Å². The second-order valence-corrected chi connectivity index (χ2v) is 4.22. The maximum atomic E-state index is 11.7. The van der Waals surface area contributed by atoms with E-state index in [9.17, 15) is 4.79 Å². The molecule has 0 fully saturated rings. The van der Waals surface area contributed by atoms with E-state index in [4.69, 9.17) is 21.4 Å². The van der Waals surface area contributed by atoms with Crippen LogP contribution in [0.3, 0.4) is 0 Å². The van der Waals surface area contributed by atoms with Crippen molar-refractivity contribution in [3.63, 3.8) is 0 Å². The monoisotopic (exact) mass is 272 g/mol. The minimum atomic E-state index is -0.444. The lowest BCUT2D eigenvalue weighted by atomic mass is 10.2. The van der Waals surface area contributed by atoms with Crippen LogP contribution in [0.15, 0.2) is 12.3 Å². The molecule has 0 bridgehead atoms. The smallest absolute Gasteiger partial charge is 0.341 e. The van der Waals surface area contributed by atoms with E-state index < -0.39 is 5.97 Å². The molecule has 0 aliphatic carbocycles. The van der Waals surface area contributed by atoms with Gasteiger partial charge in [-0.25, -0.2) is 9.78 Å². The number of nitrogens with one attached hydrogen (secondary N) is 1. The van der Waals surface area contributed by atoms with Crippen molar-refractivity contribution in [2.24, 2.45) is 0 Å². The molecule has 1 rings (SSSR count). The standard InChI is InChI=1S/C12H17ClN2O3/c1-3-18-12(17)9-7-14-11(13)6-10(9)15-8(2)4-5-16/h6-8,16H,3-5H2,1-2H3,(H,14,15)/t8-/m0/s1. The fourth-order valence-electron chi connectivity index (χ4n) is 1.45. The Morgan fingerprint density at radius 1 is 1.67 bits per heavy atom. The molecular formula is C12H17ClN2O3. The molecule has 0 unspecified atom stereocenters. The molecule has 0 saturated heterocycles. The Kier molecular flexibility index (Phi) is 5.88. The average Bonchev–Trinajstić information content (AvgIpc) is 2.29. The van der Waals surface area contributed by atoms with Gasteiger partial charge in [-0.15, -0.1) is 0 Å². The van der Waals surface area contributed by atoms with Crippen LogP contribution >= 0.6 is 11.6 Å². The molecule has 100 valence electrons. The number of carbonyl (C=O) groups excluding carboxylic acids is 1. The molecule has 1 aromatic heterocycles. The number of aliphatic hydroxyl groups excluding tert-OH is 1. The van der Waals surface area contributed by atoms with Crippen molar-refractivity contribution in [1.29, 1.82) is 0 Å². The van der Waals surface area contributed by atoms with E-state index in [1.165, 1.54) is 6.20 Å². The minimum absolute atomic E-state index is 0.0154. The first-order valence-corrected chi connectivity index (χ1v) is 6.16. The van der Waals surface area contributed by atoms with Crippen LogP contribution in [0.1, 0.15) is 30.6 Å². The fourth-order valence-corrected chi connectivity index (χ4v) is 1.61. The summed E-state index contributed by atoms with van der Waals surface area (Å²) in [6.07, 6.45) is 1.95. The van der Waals surface area contributed by atoms with Crippen molar-refractivity contribution in [2.45, 2.75) is 26.3 Å². The van der Waals surface area contributed by atoms with Crippen LogP contribution in [-0.2, 0) is 4.74 Å². The number of hydrogen-bond donors (Lipinski definition) is 2. The summed E-state index contributed by atoms with van der Waals surface area (Å²) in [6, 6.07) is 1.59. The van der Waals surface area contributed by atoms with Crippen molar-refractivity contribution in [1.82, 2.24) is 4.98 Å². The number of carbonyl (C=O) groups is 1. The first kappa shape index (κ1) is 14.7. The van der Waals surface area contributed by atoms with Gasteiger partial charge in [0.25, 0.3) is 0 Å². The highest BCUT2D eigenvalue weighted by atomic mass is 35.5. The molecule has 1 atom stereocenters. The summed E-state index contributed by atoms with van der Waals surface area (Å²) in [7, 11) is 0. The average molecular weight is 273 g/mol. The van der Waals surface area contributed by atoms with Crippen molar-refractivity contribution in [2.75, 3.05) is 18.5 Å². The molecule has 0 radical (unpaired) electrons. The van der Waals surface area contributed by atoms with E-state index in [-0.39, 0.29) is 12.6 Å². The number of anilines is 1. The number of rotatable bonds is 6. The van der Waals surface area contributed by atoms with Crippen molar-refractivity contribution < 1.29 is 14.6 Å². The van der Waals surface area contributed by atoms with E-state index in [0.717, 1.165) is 0 Å². The molecule has 0 aromatic carbocycles. The number of nitrogens with zero attached hydrogens (tertiary/aromatic N) is 1. The highest BCUT2D eigenvalue weighted by Gasteiger charge is 2.15. The van der Waals surface area contributed by atoms with Crippen LogP contribution in [-0.4, -0.2) is 35.3 Å². The maximum Gasteiger partial charge on any atom is 0.341 e. The Morgan fingerprint density at radius 2 is 2.39 bits per heavy atom. The SMILES string of the molecule is CCOC(=O)c1cnc(Cl)cc1N[C@@H](C)CCO. The molecule has 5 nitrogen and oxygen atoms in total. The number of halogens is 1. The molecular weight excluding hydrogens is 256 g/mol. The van der Waals surface area contributed by atoms with Crippen LogP contribution in [0.4, 0.5) is 5.69 Å². The van der Waals surface area contributed by atoms with E-state index in [2.05, 4.69) is 10.3 Å². The van der Waals surface area contributed by atoms with Gasteiger partial charge >= 0.3 is 5.97 Å². The third-order valence-corrected chi connectivity index (χ3v) is 2.54. The Morgan fingerprint density at radius 3 is 3.00 bits per heavy atom. The number of aliphatic hydroxyl groups is 1. The fraction of sp³-hybridized carbons (Fsp3) is 0.500. The molecule has 0 saturated carbocycles. The lowest BCUT2D eigenvalue weighted by Crippen LogP contribution is -2.19. The Hall–Kier alpha value is -1.33. The van der Waals surface area contributed by atoms with Gasteiger partial charge in [-0.05, 0) is 26.3 Å².